The molecule has 5 atom stereocenters. The van der Waals surface area contributed by atoms with Crippen molar-refractivity contribution < 1.29 is 34.2 Å². The van der Waals surface area contributed by atoms with Gasteiger partial charge in [0.2, 0.25) is 23.6 Å². The molecule has 0 aliphatic rings. The van der Waals surface area contributed by atoms with Gasteiger partial charge in [-0.05, 0) is 18.9 Å². The number of hydrogen-bond acceptors (Lipinski definition) is 8. The van der Waals surface area contributed by atoms with Crippen LogP contribution in [0.1, 0.15) is 25.3 Å². The number of hydrogen-bond donors (Lipinski definition) is 8. The van der Waals surface area contributed by atoms with E-state index >= 15 is 0 Å². The second-order valence-corrected chi connectivity index (χ2v) is 8.04. The molecule has 0 saturated heterocycles. The van der Waals surface area contributed by atoms with Crippen molar-refractivity contribution in [2.75, 3.05) is 5.75 Å². The summed E-state index contributed by atoms with van der Waals surface area (Å²) in [5, 5.41) is 26.0. The molecule has 0 heterocycles. The summed E-state index contributed by atoms with van der Waals surface area (Å²) in [7, 11) is 0. The molecule has 0 fully saturated rings. The van der Waals surface area contributed by atoms with Gasteiger partial charge >= 0.3 is 5.97 Å². The molecule has 12 nitrogen and oxygen atoms in total. The maximum Gasteiger partial charge on any atom is 0.328 e. The lowest BCUT2D eigenvalue weighted by atomic mass is 10.0. The number of primary amides is 1. The van der Waals surface area contributed by atoms with Crippen molar-refractivity contribution in [3.63, 3.8) is 0 Å². The van der Waals surface area contributed by atoms with E-state index in [0.717, 1.165) is 0 Å². The Balaban J connectivity index is 2.97. The summed E-state index contributed by atoms with van der Waals surface area (Å²) in [5.41, 5.74) is 11.4. The monoisotopic (exact) mass is 497 g/mol. The molecule has 0 radical (unpaired) electrons. The van der Waals surface area contributed by atoms with Crippen LogP contribution in [-0.4, -0.2) is 75.8 Å². The van der Waals surface area contributed by atoms with Crippen LogP contribution in [0.25, 0.3) is 0 Å². The molecular formula is C21H31N5O7S. The Kier molecular flexibility index (Phi) is 12.0. The molecule has 13 heteroatoms. The number of thiol groups is 1. The maximum absolute atomic E-state index is 12.8. The van der Waals surface area contributed by atoms with Crippen LogP contribution in [0.2, 0.25) is 0 Å². The van der Waals surface area contributed by atoms with Crippen molar-refractivity contribution in [2.45, 2.75) is 56.5 Å². The Labute approximate surface area is 202 Å². The molecule has 4 amide bonds. The third-order valence-electron chi connectivity index (χ3n) is 4.82. The van der Waals surface area contributed by atoms with E-state index < -0.39 is 59.9 Å². The molecule has 1 aromatic carbocycles. The van der Waals surface area contributed by atoms with E-state index in [1.54, 1.807) is 30.3 Å². The number of aliphatic carboxylic acids is 1. The number of amides is 4. The minimum absolute atomic E-state index is 0.00985. The van der Waals surface area contributed by atoms with Crippen LogP contribution >= 0.6 is 12.6 Å². The van der Waals surface area contributed by atoms with Gasteiger partial charge in [0.25, 0.3) is 0 Å². The van der Waals surface area contributed by atoms with Crippen molar-refractivity contribution in [3.05, 3.63) is 35.9 Å². The molecular weight excluding hydrogens is 466 g/mol. The van der Waals surface area contributed by atoms with Gasteiger partial charge in [0.15, 0.2) is 6.04 Å². The molecule has 0 spiro atoms. The molecule has 34 heavy (non-hydrogen) atoms. The van der Waals surface area contributed by atoms with Crippen LogP contribution < -0.4 is 27.4 Å². The molecule has 9 N–H and O–H groups in total. The highest BCUT2D eigenvalue weighted by Crippen LogP contribution is 2.06. The molecule has 0 aliphatic carbocycles. The van der Waals surface area contributed by atoms with Gasteiger partial charge in [-0.25, -0.2) is 4.79 Å². The number of aliphatic hydroxyl groups excluding tert-OH is 1. The van der Waals surface area contributed by atoms with Crippen LogP contribution in [-0.2, 0) is 30.4 Å². The van der Waals surface area contributed by atoms with Gasteiger partial charge in [0.1, 0.15) is 12.1 Å². The Morgan fingerprint density at radius 3 is 2.03 bits per heavy atom. The molecule has 1 aromatic rings. The van der Waals surface area contributed by atoms with E-state index in [9.17, 15) is 34.2 Å². The van der Waals surface area contributed by atoms with E-state index in [2.05, 4.69) is 28.6 Å². The molecule has 0 aliphatic heterocycles. The topological polar surface area (TPSA) is 214 Å². The SMILES string of the molecule is CC(O)C(NC(=O)C(Cc1ccccc1)NC(=O)C(CS)NC(=O)C(N)CCC(N)=O)C(=O)O. The zero-order chi connectivity index (χ0) is 25.8. The van der Waals surface area contributed by atoms with Crippen LogP contribution in [0.5, 0.6) is 0 Å². The number of nitrogens with two attached hydrogens (primary N) is 2. The summed E-state index contributed by atoms with van der Waals surface area (Å²) in [6.07, 6.45) is -1.51. The van der Waals surface area contributed by atoms with E-state index in [4.69, 9.17) is 11.5 Å². The van der Waals surface area contributed by atoms with Crippen molar-refractivity contribution in [2.24, 2.45) is 11.5 Å². The Morgan fingerprint density at radius 1 is 0.971 bits per heavy atom. The molecule has 0 saturated carbocycles. The van der Waals surface area contributed by atoms with E-state index in [0.29, 0.717) is 5.56 Å². The van der Waals surface area contributed by atoms with Crippen LogP contribution in [0.15, 0.2) is 30.3 Å². The van der Waals surface area contributed by atoms with Gasteiger partial charge in [0, 0.05) is 18.6 Å². The zero-order valence-corrected chi connectivity index (χ0v) is 19.5. The summed E-state index contributed by atoms with van der Waals surface area (Å²) in [6, 6.07) is 3.57. The summed E-state index contributed by atoms with van der Waals surface area (Å²) in [4.78, 5) is 60.1. The highest BCUT2D eigenvalue weighted by Gasteiger charge is 2.31. The number of rotatable bonds is 14. The first kappa shape index (κ1) is 28.9. The normalized spacial score (nSPS) is 15.2. The molecule has 5 unspecified atom stereocenters. The van der Waals surface area contributed by atoms with Crippen LogP contribution in [0.4, 0.5) is 0 Å². The third kappa shape index (κ3) is 9.77. The Bertz CT molecular complexity index is 868. The van der Waals surface area contributed by atoms with Gasteiger partial charge in [-0.2, -0.15) is 12.6 Å². The quantitative estimate of drug-likeness (QED) is 0.130. The lowest BCUT2D eigenvalue weighted by Crippen LogP contribution is -2.59. The van der Waals surface area contributed by atoms with Gasteiger partial charge in [-0.15, -0.1) is 0 Å². The van der Waals surface area contributed by atoms with Crippen LogP contribution in [0.3, 0.4) is 0 Å². The predicted molar refractivity (Wildman–Crippen MR) is 126 cm³/mol. The van der Waals surface area contributed by atoms with Crippen molar-refractivity contribution in [1.82, 2.24) is 16.0 Å². The molecule has 0 aromatic heterocycles. The average molecular weight is 498 g/mol. The van der Waals surface area contributed by atoms with E-state index in [1.165, 1.54) is 6.92 Å². The third-order valence-corrected chi connectivity index (χ3v) is 5.18. The number of aliphatic hydroxyl groups is 1. The summed E-state index contributed by atoms with van der Waals surface area (Å²) in [5.74, 6) is -4.51. The fourth-order valence-electron chi connectivity index (χ4n) is 2.88. The molecule has 0 bridgehead atoms. The van der Waals surface area contributed by atoms with Crippen molar-refractivity contribution >= 4 is 42.2 Å². The Morgan fingerprint density at radius 2 is 1.53 bits per heavy atom. The lowest BCUT2D eigenvalue weighted by Gasteiger charge is -2.25. The number of carbonyl (C=O) groups excluding carboxylic acids is 4. The number of carbonyl (C=O) groups is 5. The summed E-state index contributed by atoms with van der Waals surface area (Å²) >= 11 is 4.06. The van der Waals surface area contributed by atoms with E-state index in [-0.39, 0.29) is 25.0 Å². The number of benzene rings is 1. The first-order valence-electron chi connectivity index (χ1n) is 10.5. The number of carboxylic acids is 1. The van der Waals surface area contributed by atoms with Crippen molar-refractivity contribution in [3.8, 4) is 0 Å². The second kappa shape index (κ2) is 14.2. The first-order chi connectivity index (χ1) is 16.0. The number of nitrogens with one attached hydrogen (secondary N) is 3. The largest absolute Gasteiger partial charge is 0.480 e. The zero-order valence-electron chi connectivity index (χ0n) is 18.6. The smallest absolute Gasteiger partial charge is 0.328 e. The fraction of sp³-hybridized carbons (Fsp3) is 0.476. The highest BCUT2D eigenvalue weighted by molar-refractivity contribution is 7.80. The van der Waals surface area contributed by atoms with Crippen LogP contribution in [0, 0.1) is 0 Å². The summed E-state index contributed by atoms with van der Waals surface area (Å²) < 4.78 is 0. The molecule has 188 valence electrons. The van der Waals surface area contributed by atoms with Gasteiger partial charge < -0.3 is 37.6 Å². The second-order valence-electron chi connectivity index (χ2n) is 7.67. The molecule has 1 rings (SSSR count). The maximum atomic E-state index is 12.8. The van der Waals surface area contributed by atoms with Gasteiger partial charge in [0.05, 0.1) is 12.1 Å². The van der Waals surface area contributed by atoms with Crippen molar-refractivity contribution in [1.29, 1.82) is 0 Å². The highest BCUT2D eigenvalue weighted by atomic mass is 32.1. The minimum Gasteiger partial charge on any atom is -0.480 e. The Hall–Kier alpha value is -3.16. The fourth-order valence-corrected chi connectivity index (χ4v) is 3.13. The summed E-state index contributed by atoms with van der Waals surface area (Å²) in [6.45, 7) is 1.21. The average Bonchev–Trinajstić information content (AvgIpc) is 2.78. The van der Waals surface area contributed by atoms with Gasteiger partial charge in [-0.3, -0.25) is 19.2 Å². The minimum atomic E-state index is -1.59. The first-order valence-corrected chi connectivity index (χ1v) is 11.1. The van der Waals surface area contributed by atoms with Gasteiger partial charge in [-0.1, -0.05) is 30.3 Å². The standard InChI is InChI=1S/C21H31N5O7S/c1-11(27)17(21(32)33)26-19(30)14(9-12-5-3-2-4-6-12)24-20(31)15(10-34)25-18(29)13(22)7-8-16(23)28/h2-6,11,13-15,17,27,34H,7-10,22H2,1H3,(H2,23,28)(H,24,31)(H,25,29)(H,26,30)(H,32,33). The number of carboxylic acid groups (broad SMARTS) is 1. The lowest BCUT2D eigenvalue weighted by molar-refractivity contribution is -0.145. The van der Waals surface area contributed by atoms with E-state index in [1.807, 2.05) is 0 Å². The predicted octanol–water partition coefficient (Wildman–Crippen LogP) is -2.33.